The number of nitro groups is 1. The second-order valence-electron chi connectivity index (χ2n) is 7.64. The van der Waals surface area contributed by atoms with Gasteiger partial charge in [-0.3, -0.25) is 10.1 Å². The number of rotatable bonds is 2. The number of amides is 1. The summed E-state index contributed by atoms with van der Waals surface area (Å²) >= 11 is 0. The molecule has 0 N–H and O–H groups in total. The number of ether oxygens (including phenoxy) is 1. The number of carbonyl (C=O) groups is 1. The van der Waals surface area contributed by atoms with E-state index in [9.17, 15) is 14.9 Å². The van der Waals surface area contributed by atoms with E-state index in [2.05, 4.69) is 4.90 Å². The Morgan fingerprint density at radius 3 is 1.96 bits per heavy atom. The molecular formula is C19H29N3O4. The highest BCUT2D eigenvalue weighted by Crippen LogP contribution is 2.21. The molecule has 0 bridgehead atoms. The number of nitrogens with zero attached hydrogens (tertiary/aromatic N) is 3. The van der Waals surface area contributed by atoms with E-state index in [1.54, 1.807) is 12.1 Å². The third-order valence-corrected chi connectivity index (χ3v) is 4.29. The molecule has 7 nitrogen and oxygen atoms in total. The van der Waals surface area contributed by atoms with Crippen molar-refractivity contribution in [2.45, 2.75) is 52.1 Å². The van der Waals surface area contributed by atoms with Crippen LogP contribution in [0, 0.1) is 10.1 Å². The van der Waals surface area contributed by atoms with E-state index < -0.39 is 5.60 Å². The molecule has 1 fully saturated rings. The minimum atomic E-state index is -0.473. The molecule has 0 atom stereocenters. The molecular weight excluding hydrogens is 334 g/mol. The summed E-state index contributed by atoms with van der Waals surface area (Å²) in [6, 6.07) is 6.74. The molecule has 1 aliphatic heterocycles. The molecule has 2 rings (SSSR count). The Kier molecular flexibility index (Phi) is 6.83. The second kappa shape index (κ2) is 8.87. The van der Waals surface area contributed by atoms with Crippen LogP contribution in [0.15, 0.2) is 24.3 Å². The first-order chi connectivity index (χ1) is 12.3. The molecule has 0 radical (unpaired) electrons. The van der Waals surface area contributed by atoms with Crippen LogP contribution in [0.3, 0.4) is 0 Å². The maximum Gasteiger partial charge on any atom is 0.410 e. The van der Waals surface area contributed by atoms with Gasteiger partial charge in [-0.15, -0.1) is 0 Å². The third-order valence-electron chi connectivity index (χ3n) is 4.29. The standard InChI is InChI=1S/C19H29N3O4/c1-19(2,3)26-18(23)21-14-6-4-12-20(13-5-7-15-21)16-8-10-17(11-9-16)22(24)25/h8-11H,4-7,12-15H2,1-3H3. The largest absolute Gasteiger partial charge is 0.444 e. The monoisotopic (exact) mass is 363 g/mol. The van der Waals surface area contributed by atoms with Crippen molar-refractivity contribution >= 4 is 17.5 Å². The van der Waals surface area contributed by atoms with Gasteiger partial charge in [-0.25, -0.2) is 4.79 Å². The normalized spacial score (nSPS) is 16.9. The molecule has 7 heteroatoms. The van der Waals surface area contributed by atoms with Crippen LogP contribution in [0.4, 0.5) is 16.2 Å². The molecule has 0 saturated carbocycles. The van der Waals surface area contributed by atoms with Gasteiger partial charge in [-0.2, -0.15) is 0 Å². The zero-order chi connectivity index (χ0) is 19.2. The van der Waals surface area contributed by atoms with Crippen LogP contribution >= 0.6 is 0 Å². The van der Waals surface area contributed by atoms with Gasteiger partial charge in [0.2, 0.25) is 0 Å². The Hall–Kier alpha value is -2.31. The van der Waals surface area contributed by atoms with Gasteiger partial charge in [-0.1, -0.05) is 0 Å². The summed E-state index contributed by atoms with van der Waals surface area (Å²) in [5.41, 5.74) is 0.655. The van der Waals surface area contributed by atoms with Crippen LogP contribution in [-0.2, 0) is 4.74 Å². The highest BCUT2D eigenvalue weighted by Gasteiger charge is 2.22. The molecule has 0 spiro atoms. The maximum absolute atomic E-state index is 12.3. The summed E-state index contributed by atoms with van der Waals surface area (Å²) in [5, 5.41) is 10.8. The smallest absolute Gasteiger partial charge is 0.410 e. The van der Waals surface area contributed by atoms with Crippen molar-refractivity contribution in [1.29, 1.82) is 0 Å². The number of non-ortho nitro benzene ring substituents is 1. The number of hydrogen-bond acceptors (Lipinski definition) is 5. The Morgan fingerprint density at radius 2 is 1.50 bits per heavy atom. The van der Waals surface area contributed by atoms with E-state index in [1.165, 1.54) is 0 Å². The number of nitro benzene ring substituents is 1. The molecule has 1 heterocycles. The lowest BCUT2D eigenvalue weighted by Crippen LogP contribution is -2.39. The molecule has 1 aromatic rings. The Bertz CT molecular complexity index is 598. The fourth-order valence-corrected chi connectivity index (χ4v) is 2.99. The molecule has 0 unspecified atom stereocenters. The maximum atomic E-state index is 12.3. The number of hydrogen-bond donors (Lipinski definition) is 0. The quantitative estimate of drug-likeness (QED) is 0.581. The van der Waals surface area contributed by atoms with Crippen molar-refractivity contribution < 1.29 is 14.5 Å². The van der Waals surface area contributed by atoms with Gasteiger partial charge in [0.25, 0.3) is 5.69 Å². The van der Waals surface area contributed by atoms with Crippen LogP contribution in [-0.4, -0.2) is 47.7 Å². The summed E-state index contributed by atoms with van der Waals surface area (Å²) in [6.07, 6.45) is 3.49. The average Bonchev–Trinajstić information content (AvgIpc) is 2.57. The Balaban J connectivity index is 1.92. The lowest BCUT2D eigenvalue weighted by molar-refractivity contribution is -0.384. The van der Waals surface area contributed by atoms with E-state index in [0.717, 1.165) is 44.5 Å². The number of anilines is 1. The summed E-state index contributed by atoms with van der Waals surface area (Å²) < 4.78 is 5.49. The van der Waals surface area contributed by atoms with E-state index in [1.807, 2.05) is 37.8 Å². The van der Waals surface area contributed by atoms with E-state index >= 15 is 0 Å². The van der Waals surface area contributed by atoms with Gasteiger partial charge in [0.1, 0.15) is 5.60 Å². The minimum Gasteiger partial charge on any atom is -0.444 e. The van der Waals surface area contributed by atoms with Crippen LogP contribution < -0.4 is 4.90 Å². The van der Waals surface area contributed by atoms with E-state index in [-0.39, 0.29) is 16.7 Å². The fraction of sp³-hybridized carbons (Fsp3) is 0.632. The summed E-state index contributed by atoms with van der Waals surface area (Å²) in [4.78, 5) is 26.8. The van der Waals surface area contributed by atoms with Crippen LogP contribution in [0.1, 0.15) is 46.5 Å². The summed E-state index contributed by atoms with van der Waals surface area (Å²) in [5.74, 6) is 0. The lowest BCUT2D eigenvalue weighted by Gasteiger charge is -2.30. The summed E-state index contributed by atoms with van der Waals surface area (Å²) in [6.45, 7) is 8.79. The third kappa shape index (κ3) is 6.20. The van der Waals surface area contributed by atoms with Crippen molar-refractivity contribution in [3.63, 3.8) is 0 Å². The first-order valence-corrected chi connectivity index (χ1v) is 9.23. The predicted molar refractivity (Wildman–Crippen MR) is 102 cm³/mol. The molecule has 0 aliphatic carbocycles. The summed E-state index contributed by atoms with van der Waals surface area (Å²) in [7, 11) is 0. The molecule has 1 amide bonds. The van der Waals surface area contributed by atoms with Crippen molar-refractivity contribution in [1.82, 2.24) is 4.90 Å². The van der Waals surface area contributed by atoms with Gasteiger partial charge in [0.05, 0.1) is 4.92 Å². The van der Waals surface area contributed by atoms with Crippen molar-refractivity contribution in [3.8, 4) is 0 Å². The first kappa shape index (κ1) is 20.0. The minimum absolute atomic E-state index is 0.114. The Labute approximate surface area is 155 Å². The van der Waals surface area contributed by atoms with Crippen molar-refractivity contribution in [2.75, 3.05) is 31.1 Å². The number of carbonyl (C=O) groups excluding carboxylic acids is 1. The van der Waals surface area contributed by atoms with Gasteiger partial charge in [-0.05, 0) is 58.6 Å². The van der Waals surface area contributed by atoms with Crippen LogP contribution in [0.2, 0.25) is 0 Å². The molecule has 144 valence electrons. The van der Waals surface area contributed by atoms with Gasteiger partial charge in [0, 0.05) is 44.0 Å². The zero-order valence-electron chi connectivity index (χ0n) is 15.9. The second-order valence-corrected chi connectivity index (χ2v) is 7.64. The highest BCUT2D eigenvalue weighted by atomic mass is 16.6. The lowest BCUT2D eigenvalue weighted by atomic mass is 10.1. The van der Waals surface area contributed by atoms with Crippen LogP contribution in [0.25, 0.3) is 0 Å². The molecule has 1 aromatic carbocycles. The SMILES string of the molecule is CC(C)(C)OC(=O)N1CCCCN(c2ccc([N+](=O)[O-])cc2)CCCC1. The highest BCUT2D eigenvalue weighted by molar-refractivity contribution is 5.68. The van der Waals surface area contributed by atoms with Crippen LogP contribution in [0.5, 0.6) is 0 Å². The topological polar surface area (TPSA) is 75.9 Å². The fourth-order valence-electron chi connectivity index (χ4n) is 2.99. The molecule has 26 heavy (non-hydrogen) atoms. The van der Waals surface area contributed by atoms with Crippen molar-refractivity contribution in [3.05, 3.63) is 34.4 Å². The van der Waals surface area contributed by atoms with E-state index in [0.29, 0.717) is 13.1 Å². The first-order valence-electron chi connectivity index (χ1n) is 9.23. The van der Waals surface area contributed by atoms with Gasteiger partial charge in [0.15, 0.2) is 0 Å². The van der Waals surface area contributed by atoms with Gasteiger partial charge >= 0.3 is 6.09 Å². The van der Waals surface area contributed by atoms with Crippen molar-refractivity contribution in [2.24, 2.45) is 0 Å². The molecule has 1 saturated heterocycles. The van der Waals surface area contributed by atoms with E-state index in [4.69, 9.17) is 4.74 Å². The predicted octanol–water partition coefficient (Wildman–Crippen LogP) is 4.21. The molecule has 1 aliphatic rings. The van der Waals surface area contributed by atoms with Gasteiger partial charge < -0.3 is 14.5 Å². The zero-order valence-corrected chi connectivity index (χ0v) is 15.9. The number of benzene rings is 1. The molecule has 0 aromatic heterocycles. The average molecular weight is 363 g/mol. The Morgan fingerprint density at radius 1 is 1.00 bits per heavy atom.